The molecule has 122 valence electrons. The second-order valence-corrected chi connectivity index (χ2v) is 7.74. The van der Waals surface area contributed by atoms with Gasteiger partial charge in [0.1, 0.15) is 0 Å². The summed E-state index contributed by atoms with van der Waals surface area (Å²) >= 11 is 3.29. The van der Waals surface area contributed by atoms with Gasteiger partial charge in [0.15, 0.2) is 0 Å². The van der Waals surface area contributed by atoms with Gasteiger partial charge in [0.25, 0.3) is 10.0 Å². The molecule has 0 heterocycles. The van der Waals surface area contributed by atoms with Crippen molar-refractivity contribution >= 4 is 37.6 Å². The van der Waals surface area contributed by atoms with E-state index in [2.05, 4.69) is 15.9 Å². The number of halogens is 1. The van der Waals surface area contributed by atoms with Crippen molar-refractivity contribution in [2.45, 2.75) is 11.8 Å². The van der Waals surface area contributed by atoms with E-state index < -0.39 is 16.0 Å². The summed E-state index contributed by atoms with van der Waals surface area (Å²) in [4.78, 5) is 12.0. The molecule has 0 bridgehead atoms. The van der Waals surface area contributed by atoms with Gasteiger partial charge in [-0.25, -0.2) is 13.2 Å². The van der Waals surface area contributed by atoms with Gasteiger partial charge in [-0.15, -0.1) is 0 Å². The summed E-state index contributed by atoms with van der Waals surface area (Å²) in [5.74, 6) is -0.589. The fourth-order valence-electron chi connectivity index (χ4n) is 2.16. The molecule has 0 aromatic heterocycles. The first kappa shape index (κ1) is 17.5. The Labute approximate surface area is 144 Å². The number of hydrogen-bond acceptors (Lipinski definition) is 4. The molecule has 0 aliphatic heterocycles. The molecule has 2 aromatic rings. The van der Waals surface area contributed by atoms with Gasteiger partial charge in [-0.3, -0.25) is 4.31 Å². The van der Waals surface area contributed by atoms with Crippen molar-refractivity contribution in [1.82, 2.24) is 0 Å². The van der Waals surface area contributed by atoms with Crippen molar-refractivity contribution in [2.24, 2.45) is 0 Å². The Morgan fingerprint density at radius 3 is 2.48 bits per heavy atom. The lowest BCUT2D eigenvalue weighted by Crippen LogP contribution is -2.29. The van der Waals surface area contributed by atoms with Crippen LogP contribution >= 0.6 is 15.9 Å². The van der Waals surface area contributed by atoms with E-state index in [-0.39, 0.29) is 16.1 Å². The number of para-hydroxylation sites is 1. The Bertz CT molecular complexity index is 849. The number of ether oxygens (including phenoxy) is 1. The number of carbonyl (C=O) groups excluding carboxylic acids is 1. The SMILES string of the molecule is COC(=O)c1ccccc1N(C)S(=O)(=O)c1cc(Br)ccc1C. The molecule has 23 heavy (non-hydrogen) atoms. The third kappa shape index (κ3) is 3.40. The van der Waals surface area contributed by atoms with E-state index in [1.165, 1.54) is 20.2 Å². The third-order valence-electron chi connectivity index (χ3n) is 3.44. The highest BCUT2D eigenvalue weighted by atomic mass is 79.9. The number of anilines is 1. The van der Waals surface area contributed by atoms with E-state index in [4.69, 9.17) is 4.74 Å². The Balaban J connectivity index is 2.58. The van der Waals surface area contributed by atoms with E-state index in [1.807, 2.05) is 0 Å². The maximum Gasteiger partial charge on any atom is 0.340 e. The van der Waals surface area contributed by atoms with Crippen molar-refractivity contribution in [2.75, 3.05) is 18.5 Å². The maximum atomic E-state index is 12.9. The summed E-state index contributed by atoms with van der Waals surface area (Å²) in [5.41, 5.74) is 1.07. The van der Waals surface area contributed by atoms with Gasteiger partial charge in [0.2, 0.25) is 0 Å². The average Bonchev–Trinajstić information content (AvgIpc) is 2.55. The van der Waals surface area contributed by atoms with E-state index in [0.717, 1.165) is 4.31 Å². The summed E-state index contributed by atoms with van der Waals surface area (Å²) in [5, 5.41) is 0. The van der Waals surface area contributed by atoms with Gasteiger partial charge in [-0.1, -0.05) is 34.1 Å². The highest BCUT2D eigenvalue weighted by molar-refractivity contribution is 9.10. The predicted molar refractivity (Wildman–Crippen MR) is 92.2 cm³/mol. The van der Waals surface area contributed by atoms with Crippen LogP contribution in [0.3, 0.4) is 0 Å². The van der Waals surface area contributed by atoms with Crippen LogP contribution in [0.5, 0.6) is 0 Å². The molecule has 2 rings (SSSR count). The molecule has 0 N–H and O–H groups in total. The Kier molecular flexibility index (Phi) is 5.11. The standard InChI is InChI=1S/C16H16BrNO4S/c1-11-8-9-12(17)10-15(11)23(20,21)18(2)14-7-5-4-6-13(14)16(19)22-3/h4-10H,1-3H3. The van der Waals surface area contributed by atoms with Crippen molar-refractivity contribution in [3.8, 4) is 0 Å². The Morgan fingerprint density at radius 1 is 1.17 bits per heavy atom. The fourth-order valence-corrected chi connectivity index (χ4v) is 4.14. The van der Waals surface area contributed by atoms with E-state index >= 15 is 0 Å². The zero-order valence-corrected chi connectivity index (χ0v) is 15.3. The first-order valence-electron chi connectivity index (χ1n) is 6.71. The second kappa shape index (κ2) is 6.72. The van der Waals surface area contributed by atoms with E-state index in [0.29, 0.717) is 10.0 Å². The van der Waals surface area contributed by atoms with Crippen LogP contribution in [0.4, 0.5) is 5.69 Å². The maximum absolute atomic E-state index is 12.9. The highest BCUT2D eigenvalue weighted by Crippen LogP contribution is 2.29. The number of aryl methyl sites for hydroxylation is 1. The average molecular weight is 398 g/mol. The summed E-state index contributed by atoms with van der Waals surface area (Å²) < 4.78 is 32.3. The lowest BCUT2D eigenvalue weighted by Gasteiger charge is -2.22. The predicted octanol–water partition coefficient (Wildman–Crippen LogP) is 3.37. The topological polar surface area (TPSA) is 63.7 Å². The fraction of sp³-hybridized carbons (Fsp3) is 0.188. The molecular weight excluding hydrogens is 382 g/mol. The minimum absolute atomic E-state index is 0.175. The molecule has 0 radical (unpaired) electrons. The van der Waals surface area contributed by atoms with Crippen LogP contribution in [-0.4, -0.2) is 28.5 Å². The Morgan fingerprint density at radius 2 is 1.83 bits per heavy atom. The summed E-state index contributed by atoms with van der Waals surface area (Å²) in [6.07, 6.45) is 0. The normalized spacial score (nSPS) is 11.1. The molecule has 0 aliphatic rings. The quantitative estimate of drug-likeness (QED) is 0.741. The number of rotatable bonds is 4. The molecule has 0 atom stereocenters. The van der Waals surface area contributed by atoms with Crippen molar-refractivity contribution in [3.05, 3.63) is 58.1 Å². The van der Waals surface area contributed by atoms with Crippen molar-refractivity contribution in [3.63, 3.8) is 0 Å². The van der Waals surface area contributed by atoms with Gasteiger partial charge in [0.05, 0.1) is 23.3 Å². The Hall–Kier alpha value is -1.86. The van der Waals surface area contributed by atoms with Crippen LogP contribution in [-0.2, 0) is 14.8 Å². The van der Waals surface area contributed by atoms with Crippen molar-refractivity contribution < 1.29 is 17.9 Å². The minimum Gasteiger partial charge on any atom is -0.465 e. The van der Waals surface area contributed by atoms with Gasteiger partial charge in [-0.2, -0.15) is 0 Å². The van der Waals surface area contributed by atoms with Crippen LogP contribution in [0.2, 0.25) is 0 Å². The van der Waals surface area contributed by atoms with Crippen LogP contribution in [0.1, 0.15) is 15.9 Å². The summed E-state index contributed by atoms with van der Waals surface area (Å²) in [6, 6.07) is 11.5. The van der Waals surface area contributed by atoms with E-state index in [1.54, 1.807) is 43.3 Å². The zero-order valence-electron chi connectivity index (χ0n) is 12.9. The summed E-state index contributed by atoms with van der Waals surface area (Å²) in [6.45, 7) is 1.72. The van der Waals surface area contributed by atoms with Gasteiger partial charge in [0, 0.05) is 11.5 Å². The van der Waals surface area contributed by atoms with Crippen molar-refractivity contribution in [1.29, 1.82) is 0 Å². The molecule has 0 fully saturated rings. The van der Waals surface area contributed by atoms with Crippen LogP contribution in [0, 0.1) is 6.92 Å². The first-order chi connectivity index (χ1) is 10.8. The zero-order chi connectivity index (χ0) is 17.2. The lowest BCUT2D eigenvalue weighted by molar-refractivity contribution is 0.0601. The minimum atomic E-state index is -3.81. The van der Waals surface area contributed by atoms with Gasteiger partial charge >= 0.3 is 5.97 Å². The van der Waals surface area contributed by atoms with Crippen LogP contribution in [0.25, 0.3) is 0 Å². The second-order valence-electron chi connectivity index (χ2n) is 4.89. The third-order valence-corrected chi connectivity index (χ3v) is 5.84. The summed E-state index contributed by atoms with van der Waals surface area (Å²) in [7, 11) is -1.14. The first-order valence-corrected chi connectivity index (χ1v) is 8.94. The molecule has 0 aliphatic carbocycles. The number of carbonyl (C=O) groups is 1. The molecule has 7 heteroatoms. The molecule has 0 spiro atoms. The van der Waals surface area contributed by atoms with Gasteiger partial charge in [-0.05, 0) is 36.8 Å². The largest absolute Gasteiger partial charge is 0.465 e. The molecule has 2 aromatic carbocycles. The highest BCUT2D eigenvalue weighted by Gasteiger charge is 2.26. The van der Waals surface area contributed by atoms with Crippen LogP contribution in [0.15, 0.2) is 51.8 Å². The number of esters is 1. The monoisotopic (exact) mass is 397 g/mol. The number of nitrogens with zero attached hydrogens (tertiary/aromatic N) is 1. The number of sulfonamides is 1. The number of hydrogen-bond donors (Lipinski definition) is 0. The lowest BCUT2D eigenvalue weighted by atomic mass is 10.2. The molecule has 0 unspecified atom stereocenters. The molecule has 0 saturated heterocycles. The molecule has 0 amide bonds. The molecular formula is C16H16BrNO4S. The smallest absolute Gasteiger partial charge is 0.340 e. The molecule has 5 nitrogen and oxygen atoms in total. The van der Waals surface area contributed by atoms with Crippen LogP contribution < -0.4 is 4.31 Å². The number of benzene rings is 2. The van der Waals surface area contributed by atoms with E-state index in [9.17, 15) is 13.2 Å². The molecule has 0 saturated carbocycles. The number of methoxy groups -OCH3 is 1. The van der Waals surface area contributed by atoms with Gasteiger partial charge < -0.3 is 4.74 Å².